The van der Waals surface area contributed by atoms with Crippen LogP contribution >= 0.6 is 0 Å². The molecule has 0 radical (unpaired) electrons. The van der Waals surface area contributed by atoms with Gasteiger partial charge in [-0.05, 0) is 30.2 Å². The van der Waals surface area contributed by atoms with E-state index in [2.05, 4.69) is 0 Å². The van der Waals surface area contributed by atoms with E-state index in [1.807, 2.05) is 37.3 Å². The van der Waals surface area contributed by atoms with Crippen molar-refractivity contribution in [2.75, 3.05) is 6.61 Å². The lowest BCUT2D eigenvalue weighted by atomic mass is 10.1. The second-order valence-corrected chi connectivity index (χ2v) is 5.25. The molecule has 0 aliphatic rings. The molecule has 0 aliphatic heterocycles. The fourth-order valence-electron chi connectivity index (χ4n) is 2.17. The Labute approximate surface area is 136 Å². The number of carbonyl (C=O) groups excluding carboxylic acids is 1. The van der Waals surface area contributed by atoms with Gasteiger partial charge in [-0.2, -0.15) is 0 Å². The van der Waals surface area contributed by atoms with Crippen LogP contribution in [0.2, 0.25) is 0 Å². The summed E-state index contributed by atoms with van der Waals surface area (Å²) in [7, 11) is 0. The summed E-state index contributed by atoms with van der Waals surface area (Å²) in [5.74, 6) is 0.0596. The molecule has 122 valence electrons. The van der Waals surface area contributed by atoms with Crippen molar-refractivity contribution in [2.24, 2.45) is 0 Å². The molecular formula is C19H21FO3. The minimum atomic E-state index is -0.327. The fourth-order valence-corrected chi connectivity index (χ4v) is 2.17. The molecule has 0 saturated heterocycles. The smallest absolute Gasteiger partial charge is 0.305 e. The monoisotopic (exact) mass is 316 g/mol. The van der Waals surface area contributed by atoms with Gasteiger partial charge in [-0.3, -0.25) is 4.79 Å². The number of halogens is 1. The topological polar surface area (TPSA) is 35.5 Å². The predicted molar refractivity (Wildman–Crippen MR) is 86.7 cm³/mol. The molecule has 4 heteroatoms. The minimum absolute atomic E-state index is 0.226. The summed E-state index contributed by atoms with van der Waals surface area (Å²) in [5.41, 5.74) is 1.74. The molecule has 0 bridgehead atoms. The zero-order chi connectivity index (χ0) is 16.5. The van der Waals surface area contributed by atoms with Gasteiger partial charge in [0.2, 0.25) is 0 Å². The van der Waals surface area contributed by atoms with E-state index in [1.165, 1.54) is 12.1 Å². The quantitative estimate of drug-likeness (QED) is 0.682. The normalized spacial score (nSPS) is 10.3. The first-order valence-electron chi connectivity index (χ1n) is 7.80. The Morgan fingerprint density at radius 3 is 2.65 bits per heavy atom. The highest BCUT2D eigenvalue weighted by atomic mass is 19.1. The molecule has 0 aliphatic carbocycles. The van der Waals surface area contributed by atoms with Crippen LogP contribution in [0, 0.1) is 5.82 Å². The van der Waals surface area contributed by atoms with Gasteiger partial charge in [-0.25, -0.2) is 4.39 Å². The summed E-state index contributed by atoms with van der Waals surface area (Å²) in [6, 6.07) is 14.2. The summed E-state index contributed by atoms with van der Waals surface area (Å²) in [6.07, 6.45) is 1.59. The zero-order valence-electron chi connectivity index (χ0n) is 13.3. The third kappa shape index (κ3) is 5.74. The summed E-state index contributed by atoms with van der Waals surface area (Å²) in [6.45, 7) is 2.56. The maximum absolute atomic E-state index is 13.5. The second kappa shape index (κ2) is 8.93. The second-order valence-electron chi connectivity index (χ2n) is 5.25. The van der Waals surface area contributed by atoms with Crippen LogP contribution in [0.4, 0.5) is 4.39 Å². The summed E-state index contributed by atoms with van der Waals surface area (Å²) in [5, 5.41) is 0. The Hall–Kier alpha value is -2.36. The Kier molecular flexibility index (Phi) is 6.60. The van der Waals surface area contributed by atoms with E-state index >= 15 is 0 Å². The van der Waals surface area contributed by atoms with Crippen molar-refractivity contribution >= 4 is 5.97 Å². The van der Waals surface area contributed by atoms with Crippen LogP contribution in [0.3, 0.4) is 0 Å². The van der Waals surface area contributed by atoms with Gasteiger partial charge in [0.1, 0.15) is 18.2 Å². The van der Waals surface area contributed by atoms with Crippen LogP contribution < -0.4 is 4.74 Å². The number of ether oxygens (including phenoxy) is 2. The molecule has 0 spiro atoms. The standard InChI is InChI=1S/C19H21FO3/c1-2-6-19(21)22-12-11-16-13-17(20)9-10-18(16)23-14-15-7-4-3-5-8-15/h3-5,7-10,13H,2,6,11-12,14H2,1H3. The first-order chi connectivity index (χ1) is 11.2. The van der Waals surface area contributed by atoms with Crippen LogP contribution in [0.1, 0.15) is 30.9 Å². The zero-order valence-corrected chi connectivity index (χ0v) is 13.3. The van der Waals surface area contributed by atoms with Crippen LogP contribution in [-0.4, -0.2) is 12.6 Å². The van der Waals surface area contributed by atoms with Gasteiger partial charge in [-0.1, -0.05) is 37.3 Å². The van der Waals surface area contributed by atoms with E-state index in [9.17, 15) is 9.18 Å². The summed E-state index contributed by atoms with van der Waals surface area (Å²) >= 11 is 0. The first kappa shape index (κ1) is 17.0. The lowest BCUT2D eigenvalue weighted by molar-refractivity contribution is -0.143. The van der Waals surface area contributed by atoms with Crippen molar-refractivity contribution < 1.29 is 18.7 Å². The van der Waals surface area contributed by atoms with Gasteiger partial charge < -0.3 is 9.47 Å². The van der Waals surface area contributed by atoms with Crippen molar-refractivity contribution in [3.8, 4) is 5.75 Å². The Balaban J connectivity index is 1.95. The number of carbonyl (C=O) groups is 1. The molecule has 0 N–H and O–H groups in total. The van der Waals surface area contributed by atoms with Crippen LogP contribution in [-0.2, 0) is 22.6 Å². The molecule has 0 aromatic heterocycles. The molecule has 23 heavy (non-hydrogen) atoms. The number of hydrogen-bond donors (Lipinski definition) is 0. The SMILES string of the molecule is CCCC(=O)OCCc1cc(F)ccc1OCc1ccccc1. The maximum Gasteiger partial charge on any atom is 0.305 e. The Morgan fingerprint density at radius 2 is 1.91 bits per heavy atom. The number of rotatable bonds is 8. The van der Waals surface area contributed by atoms with Crippen molar-refractivity contribution in [1.82, 2.24) is 0 Å². The van der Waals surface area contributed by atoms with Gasteiger partial charge in [-0.15, -0.1) is 0 Å². The highest BCUT2D eigenvalue weighted by Crippen LogP contribution is 2.21. The number of benzene rings is 2. The van der Waals surface area contributed by atoms with Crippen molar-refractivity contribution in [1.29, 1.82) is 0 Å². The Bertz CT molecular complexity index is 626. The van der Waals surface area contributed by atoms with Gasteiger partial charge in [0.05, 0.1) is 6.61 Å². The van der Waals surface area contributed by atoms with Crippen LogP contribution in [0.25, 0.3) is 0 Å². The van der Waals surface area contributed by atoms with E-state index < -0.39 is 0 Å². The highest BCUT2D eigenvalue weighted by molar-refractivity contribution is 5.69. The maximum atomic E-state index is 13.5. The van der Waals surface area contributed by atoms with E-state index in [-0.39, 0.29) is 18.4 Å². The van der Waals surface area contributed by atoms with Crippen molar-refractivity contribution in [3.05, 3.63) is 65.5 Å². The van der Waals surface area contributed by atoms with E-state index in [0.29, 0.717) is 30.8 Å². The van der Waals surface area contributed by atoms with Gasteiger partial charge in [0.25, 0.3) is 0 Å². The largest absolute Gasteiger partial charge is 0.489 e. The molecule has 0 unspecified atom stereocenters. The number of esters is 1. The lowest BCUT2D eigenvalue weighted by Gasteiger charge is -2.12. The molecule has 0 heterocycles. The molecule has 2 aromatic rings. The van der Waals surface area contributed by atoms with Gasteiger partial charge in [0.15, 0.2) is 0 Å². The highest BCUT2D eigenvalue weighted by Gasteiger charge is 2.08. The molecule has 0 saturated carbocycles. The molecule has 2 aromatic carbocycles. The lowest BCUT2D eigenvalue weighted by Crippen LogP contribution is -2.08. The van der Waals surface area contributed by atoms with E-state index in [0.717, 1.165) is 12.0 Å². The number of hydrogen-bond acceptors (Lipinski definition) is 3. The molecule has 2 rings (SSSR count). The average molecular weight is 316 g/mol. The first-order valence-corrected chi connectivity index (χ1v) is 7.80. The molecule has 0 atom stereocenters. The fraction of sp³-hybridized carbons (Fsp3) is 0.316. The average Bonchev–Trinajstić information content (AvgIpc) is 2.55. The molecular weight excluding hydrogens is 295 g/mol. The summed E-state index contributed by atoms with van der Waals surface area (Å²) < 4.78 is 24.4. The van der Waals surface area contributed by atoms with Crippen LogP contribution in [0.5, 0.6) is 5.75 Å². The molecule has 3 nitrogen and oxygen atoms in total. The molecule has 0 amide bonds. The van der Waals surface area contributed by atoms with E-state index in [1.54, 1.807) is 6.07 Å². The van der Waals surface area contributed by atoms with E-state index in [4.69, 9.17) is 9.47 Å². The molecule has 0 fully saturated rings. The Morgan fingerprint density at radius 1 is 1.13 bits per heavy atom. The third-order valence-corrected chi connectivity index (χ3v) is 3.35. The minimum Gasteiger partial charge on any atom is -0.489 e. The predicted octanol–water partition coefficient (Wildman–Crippen LogP) is 4.29. The van der Waals surface area contributed by atoms with Crippen molar-refractivity contribution in [2.45, 2.75) is 32.8 Å². The third-order valence-electron chi connectivity index (χ3n) is 3.35. The van der Waals surface area contributed by atoms with Gasteiger partial charge >= 0.3 is 5.97 Å². The van der Waals surface area contributed by atoms with Crippen LogP contribution in [0.15, 0.2) is 48.5 Å². The van der Waals surface area contributed by atoms with Gasteiger partial charge in [0, 0.05) is 18.4 Å². The summed E-state index contributed by atoms with van der Waals surface area (Å²) in [4.78, 5) is 11.4. The van der Waals surface area contributed by atoms with Crippen molar-refractivity contribution in [3.63, 3.8) is 0 Å².